The molecule has 184 valence electrons. The normalized spacial score (nSPS) is 11.5. The number of rotatable bonds is 12. The number of methoxy groups -OCH3 is 1. The minimum absolute atomic E-state index is 0.0944. The van der Waals surface area contributed by atoms with Gasteiger partial charge in [-0.05, 0) is 53.8 Å². The highest BCUT2D eigenvalue weighted by Crippen LogP contribution is 2.17. The molecule has 5 nitrogen and oxygen atoms in total. The number of nitrogens with zero attached hydrogens (tertiary/aromatic N) is 1. The molecule has 3 rings (SSSR count). The molecule has 0 heterocycles. The van der Waals surface area contributed by atoms with Crippen LogP contribution >= 0.6 is 0 Å². The molecule has 2 amide bonds. The fourth-order valence-corrected chi connectivity index (χ4v) is 3.94. The van der Waals surface area contributed by atoms with Crippen molar-refractivity contribution in [1.29, 1.82) is 0 Å². The van der Waals surface area contributed by atoms with Crippen molar-refractivity contribution in [1.82, 2.24) is 10.2 Å². The molecule has 3 aromatic rings. The Kier molecular flexibility index (Phi) is 9.84. The number of carbonyl (C=O) groups is 2. The van der Waals surface area contributed by atoms with Crippen molar-refractivity contribution in [2.45, 2.75) is 45.2 Å². The van der Waals surface area contributed by atoms with E-state index in [-0.39, 0.29) is 24.2 Å². The minimum Gasteiger partial charge on any atom is -0.497 e. The average Bonchev–Trinajstić information content (AvgIpc) is 2.88. The summed E-state index contributed by atoms with van der Waals surface area (Å²) in [6.45, 7) is 2.63. The second-order valence-corrected chi connectivity index (χ2v) is 8.49. The molecule has 35 heavy (non-hydrogen) atoms. The number of ether oxygens (including phenoxy) is 1. The highest BCUT2D eigenvalue weighted by Gasteiger charge is 2.29. The standard InChI is InChI=1S/C29H33FN2O3/c1-3-7-28(33)32(21-24-10-14-25(30)15-11-24)27(20-23-8-5-4-6-9-23)29(34)31-19-18-22-12-16-26(35-2)17-13-22/h4-6,8-17,27H,3,7,18-21H2,1-2H3,(H,31,34)/t27-/m0/s1. The first-order valence-electron chi connectivity index (χ1n) is 12.0. The van der Waals surface area contributed by atoms with Crippen LogP contribution in [-0.2, 0) is 29.0 Å². The minimum atomic E-state index is -0.683. The molecule has 0 spiro atoms. The van der Waals surface area contributed by atoms with Gasteiger partial charge in [0.2, 0.25) is 11.8 Å². The Hall–Kier alpha value is -3.67. The van der Waals surface area contributed by atoms with Gasteiger partial charge in [-0.25, -0.2) is 4.39 Å². The second-order valence-electron chi connectivity index (χ2n) is 8.49. The SMILES string of the molecule is CCCC(=O)N(Cc1ccc(F)cc1)[C@@H](Cc1ccccc1)C(=O)NCCc1ccc(OC)cc1. The number of halogens is 1. The zero-order chi connectivity index (χ0) is 25.0. The van der Waals surface area contributed by atoms with E-state index < -0.39 is 6.04 Å². The molecule has 0 fully saturated rings. The zero-order valence-electron chi connectivity index (χ0n) is 20.4. The van der Waals surface area contributed by atoms with E-state index in [4.69, 9.17) is 4.74 Å². The topological polar surface area (TPSA) is 58.6 Å². The Labute approximate surface area is 206 Å². The smallest absolute Gasteiger partial charge is 0.243 e. The van der Waals surface area contributed by atoms with E-state index in [1.165, 1.54) is 12.1 Å². The van der Waals surface area contributed by atoms with Crippen LogP contribution in [0.1, 0.15) is 36.5 Å². The van der Waals surface area contributed by atoms with Crippen LogP contribution in [-0.4, -0.2) is 36.4 Å². The highest BCUT2D eigenvalue weighted by molar-refractivity contribution is 5.88. The van der Waals surface area contributed by atoms with Crippen LogP contribution in [0.25, 0.3) is 0 Å². The van der Waals surface area contributed by atoms with Crippen LogP contribution in [0.4, 0.5) is 4.39 Å². The third-order valence-electron chi connectivity index (χ3n) is 5.87. The summed E-state index contributed by atoms with van der Waals surface area (Å²) in [5, 5.41) is 3.03. The van der Waals surface area contributed by atoms with Crippen LogP contribution in [0.3, 0.4) is 0 Å². The molecule has 1 atom stereocenters. The van der Waals surface area contributed by atoms with Gasteiger partial charge in [-0.1, -0.05) is 61.5 Å². The third-order valence-corrected chi connectivity index (χ3v) is 5.87. The molecule has 3 aromatic carbocycles. The van der Waals surface area contributed by atoms with Gasteiger partial charge in [-0.15, -0.1) is 0 Å². The van der Waals surface area contributed by atoms with Gasteiger partial charge >= 0.3 is 0 Å². The molecule has 6 heteroatoms. The quantitative estimate of drug-likeness (QED) is 0.403. The zero-order valence-corrected chi connectivity index (χ0v) is 20.4. The number of nitrogens with one attached hydrogen (secondary N) is 1. The van der Waals surface area contributed by atoms with Crippen LogP contribution in [0, 0.1) is 5.82 Å². The molecule has 0 saturated heterocycles. The first-order valence-corrected chi connectivity index (χ1v) is 12.0. The molecule has 0 aliphatic rings. The maximum Gasteiger partial charge on any atom is 0.243 e. The van der Waals surface area contributed by atoms with E-state index in [1.807, 2.05) is 61.5 Å². The van der Waals surface area contributed by atoms with Crippen molar-refractivity contribution in [3.63, 3.8) is 0 Å². The van der Waals surface area contributed by atoms with Gasteiger partial charge in [-0.3, -0.25) is 9.59 Å². The summed E-state index contributed by atoms with van der Waals surface area (Å²) in [5.41, 5.74) is 2.83. The third kappa shape index (κ3) is 7.95. The van der Waals surface area contributed by atoms with Crippen LogP contribution < -0.4 is 10.1 Å². The Bertz CT molecular complexity index is 1070. The van der Waals surface area contributed by atoms with E-state index in [9.17, 15) is 14.0 Å². The van der Waals surface area contributed by atoms with E-state index in [2.05, 4.69) is 5.32 Å². The number of carbonyl (C=O) groups excluding carboxylic acids is 2. The van der Waals surface area contributed by atoms with Crippen molar-refractivity contribution in [2.75, 3.05) is 13.7 Å². The van der Waals surface area contributed by atoms with Gasteiger partial charge in [0.15, 0.2) is 0 Å². The second kappa shape index (κ2) is 13.3. The van der Waals surface area contributed by atoms with Crippen LogP contribution in [0.15, 0.2) is 78.9 Å². The molecular weight excluding hydrogens is 443 g/mol. The Balaban J connectivity index is 1.79. The molecule has 0 aliphatic heterocycles. The van der Waals surface area contributed by atoms with Crippen molar-refractivity contribution < 1.29 is 18.7 Å². The monoisotopic (exact) mass is 476 g/mol. The van der Waals surface area contributed by atoms with Crippen molar-refractivity contribution in [3.8, 4) is 5.75 Å². The summed E-state index contributed by atoms with van der Waals surface area (Å²) in [6, 6.07) is 22.8. The number of hydrogen-bond acceptors (Lipinski definition) is 3. The van der Waals surface area contributed by atoms with Gasteiger partial charge in [0, 0.05) is 25.9 Å². The lowest BCUT2D eigenvalue weighted by molar-refractivity contribution is -0.141. The molecule has 0 saturated carbocycles. The van der Waals surface area contributed by atoms with Gasteiger partial charge in [0.05, 0.1) is 7.11 Å². The fraction of sp³-hybridized carbons (Fsp3) is 0.310. The summed E-state index contributed by atoms with van der Waals surface area (Å²) in [5.74, 6) is 0.154. The molecule has 0 aliphatic carbocycles. The first-order chi connectivity index (χ1) is 17.0. The highest BCUT2D eigenvalue weighted by atomic mass is 19.1. The van der Waals surface area contributed by atoms with Crippen molar-refractivity contribution in [3.05, 3.63) is 101 Å². The average molecular weight is 477 g/mol. The van der Waals surface area contributed by atoms with Crippen LogP contribution in [0.5, 0.6) is 5.75 Å². The Morgan fingerprint density at radius 1 is 0.914 bits per heavy atom. The van der Waals surface area contributed by atoms with Gasteiger partial charge in [0.1, 0.15) is 17.6 Å². The van der Waals surface area contributed by atoms with Gasteiger partial charge in [-0.2, -0.15) is 0 Å². The molecule has 0 unspecified atom stereocenters. The van der Waals surface area contributed by atoms with E-state index in [0.29, 0.717) is 32.2 Å². The summed E-state index contributed by atoms with van der Waals surface area (Å²) in [6.07, 6.45) is 2.07. The Morgan fingerprint density at radius 2 is 1.57 bits per heavy atom. The first kappa shape index (κ1) is 25.9. The summed E-state index contributed by atoms with van der Waals surface area (Å²) < 4.78 is 18.6. The van der Waals surface area contributed by atoms with Crippen LogP contribution in [0.2, 0.25) is 0 Å². The lowest BCUT2D eigenvalue weighted by Crippen LogP contribution is -2.50. The number of amides is 2. The lowest BCUT2D eigenvalue weighted by Gasteiger charge is -2.31. The molecular formula is C29H33FN2O3. The van der Waals surface area contributed by atoms with Crippen molar-refractivity contribution >= 4 is 11.8 Å². The Morgan fingerprint density at radius 3 is 2.20 bits per heavy atom. The molecule has 0 radical (unpaired) electrons. The van der Waals surface area contributed by atoms with Gasteiger partial charge < -0.3 is 15.0 Å². The lowest BCUT2D eigenvalue weighted by atomic mass is 10.0. The number of hydrogen-bond donors (Lipinski definition) is 1. The summed E-state index contributed by atoms with van der Waals surface area (Å²) in [4.78, 5) is 28.2. The predicted octanol–water partition coefficient (Wildman–Crippen LogP) is 4.93. The predicted molar refractivity (Wildman–Crippen MR) is 135 cm³/mol. The molecule has 0 aromatic heterocycles. The largest absolute Gasteiger partial charge is 0.497 e. The maximum atomic E-state index is 13.4. The van der Waals surface area contributed by atoms with E-state index >= 15 is 0 Å². The maximum absolute atomic E-state index is 13.4. The summed E-state index contributed by atoms with van der Waals surface area (Å²) >= 11 is 0. The summed E-state index contributed by atoms with van der Waals surface area (Å²) in [7, 11) is 1.62. The van der Waals surface area contributed by atoms with Gasteiger partial charge in [0.25, 0.3) is 0 Å². The molecule has 0 bridgehead atoms. The number of benzene rings is 3. The fourth-order valence-electron chi connectivity index (χ4n) is 3.94. The molecule has 1 N–H and O–H groups in total. The van der Waals surface area contributed by atoms with E-state index in [1.54, 1.807) is 24.1 Å². The van der Waals surface area contributed by atoms with E-state index in [0.717, 1.165) is 22.4 Å². The van der Waals surface area contributed by atoms with Crippen molar-refractivity contribution in [2.24, 2.45) is 0 Å².